The van der Waals surface area contributed by atoms with E-state index >= 15 is 8.78 Å². The fourth-order valence-electron chi connectivity index (χ4n) is 8.56. The number of hydrogen-bond acceptors (Lipinski definition) is 23. The minimum absolute atomic E-state index is 0.0175. The highest BCUT2D eigenvalue weighted by Gasteiger charge is 2.54. The predicted molar refractivity (Wildman–Crippen MR) is 279 cm³/mol. The average molecular weight is 1190 g/mol. The largest absolute Gasteiger partial charge is 0.461 e. The summed E-state index contributed by atoms with van der Waals surface area (Å²) < 4.78 is 93.6. The lowest BCUT2D eigenvalue weighted by Gasteiger charge is -2.29. The molecule has 29 nitrogen and oxygen atoms in total. The maximum Gasteiger partial charge on any atom is 0.412 e. The fraction of sp³-hybridized carbons (Fsp3) is 0.523. The van der Waals surface area contributed by atoms with Gasteiger partial charge in [-0.25, -0.2) is 52.8 Å². The zero-order valence-corrected chi connectivity index (χ0v) is 45.5. The van der Waals surface area contributed by atoms with Crippen LogP contribution in [-0.4, -0.2) is 143 Å². The Bertz CT molecular complexity index is 3130. The molecule has 5 aromatic rings. The van der Waals surface area contributed by atoms with Crippen molar-refractivity contribution in [1.29, 1.82) is 0 Å². The van der Waals surface area contributed by atoms with Crippen LogP contribution in [-0.2, 0) is 74.4 Å². The van der Waals surface area contributed by atoms with Crippen molar-refractivity contribution in [2.24, 2.45) is 23.3 Å². The summed E-state index contributed by atoms with van der Waals surface area (Å²) in [6, 6.07) is 5.07. The van der Waals surface area contributed by atoms with E-state index in [9.17, 15) is 33.4 Å². The first-order valence-corrected chi connectivity index (χ1v) is 29.7. The number of nitrogens with zero attached hydrogens (tertiary/aromatic N) is 8. The standard InChI is InChI=1S/C44H56F2N14O15P2S2/c1-21(2)31(47)25(61)13-23(5-3-11-50-43(49)64)40(63)57-24-9-7-22(8-10-24)14-69-28(62)6-4-12-68-44(65)58-37-33-39(54-18-52-37)60(20-56-33)42-30(46)35-27(73-42)16-71-76(66,78)74-34-26(15-70-77(67,79)75-35)72-41(29(34)45)59-19-55-32-36(48)51-17-53-38(32)59/h7-10,17-21,23,26-27,29-31,34-35,41-42H,3-6,11-16,47H2,1-2H3,(H,57,63)(H,66,78)(H,67,79)(H2,48,51,53)(H3,49,50,64)(H,52,54,58,65)/t23-,26-,27-,29-,30-,31+,34-,35-,41-,42-,76?,77?/m1/s1. The maximum absolute atomic E-state index is 16.6. The molecule has 0 spiro atoms. The van der Waals surface area contributed by atoms with Crippen LogP contribution in [0.3, 0.4) is 0 Å². The lowest BCUT2D eigenvalue weighted by molar-refractivity contribution is -0.145. The van der Waals surface area contributed by atoms with Crippen molar-refractivity contribution >= 4 is 107 Å². The molecular formula is C44H56F2N14O15P2S2. The molecule has 0 radical (unpaired) electrons. The van der Waals surface area contributed by atoms with Crippen LogP contribution in [0.25, 0.3) is 22.3 Å². The van der Waals surface area contributed by atoms with E-state index in [2.05, 4.69) is 58.1 Å². The molecule has 0 saturated carbocycles. The SMILES string of the molecule is CC(C)[C@H](N)C(=O)C[C@@H](CCCNC(N)=O)C(=O)Nc1ccc(COC(=O)CCCOC(=O)Nc2ncnc3c2ncn3[C@@H]2O[C@@H]3COP(O)(=S)O[C@H]4[C@@H](F)[C@H](n5cnc6c(N)ncnc65)O[C@@H]4COP(=O)(S)O[C@H]3[C@H]2F)cc1. The number of primary amides is 1. The Kier molecular flexibility index (Phi) is 19.2. The number of urea groups is 1. The normalized spacial score (nSPS) is 27.0. The number of aromatic nitrogens is 8. The van der Waals surface area contributed by atoms with Crippen molar-refractivity contribution in [3.8, 4) is 0 Å². The number of fused-ring (bicyclic) bond motifs is 4. The number of halogens is 2. The van der Waals surface area contributed by atoms with Gasteiger partial charge in [0.2, 0.25) is 5.91 Å². The number of amides is 4. The predicted octanol–water partition coefficient (Wildman–Crippen LogP) is 3.81. The number of thiol groups is 1. The molecule has 1 aromatic carbocycles. The molecule has 3 aliphatic heterocycles. The number of rotatable bonds is 19. The minimum Gasteiger partial charge on any atom is -0.461 e. The second kappa shape index (κ2) is 25.7. The van der Waals surface area contributed by atoms with Crippen molar-refractivity contribution in [1.82, 2.24) is 44.4 Å². The molecule has 0 bridgehead atoms. The first kappa shape index (κ1) is 59.2. The molecule has 4 amide bonds. The number of ether oxygens (including phenoxy) is 4. The number of nitrogens with two attached hydrogens (primary N) is 3. The Morgan fingerprint density at radius 3 is 2.15 bits per heavy atom. The summed E-state index contributed by atoms with van der Waals surface area (Å²) in [5.74, 6) is -2.22. The van der Waals surface area contributed by atoms with Gasteiger partial charge in [0.05, 0.1) is 38.5 Å². The topological polar surface area (TPSA) is 398 Å². The van der Waals surface area contributed by atoms with Crippen LogP contribution in [0.2, 0.25) is 0 Å². The number of nitrogen functional groups attached to an aromatic ring is 1. The van der Waals surface area contributed by atoms with E-state index in [4.69, 9.17) is 66.1 Å². The molecule has 79 heavy (non-hydrogen) atoms. The molecule has 428 valence electrons. The molecule has 35 heteroatoms. The van der Waals surface area contributed by atoms with Gasteiger partial charge in [0, 0.05) is 31.0 Å². The van der Waals surface area contributed by atoms with Gasteiger partial charge >= 0.3 is 31.6 Å². The van der Waals surface area contributed by atoms with E-state index in [0.29, 0.717) is 24.1 Å². The third kappa shape index (κ3) is 14.7. The van der Waals surface area contributed by atoms with Crippen LogP contribution in [0.4, 0.5) is 35.7 Å². The van der Waals surface area contributed by atoms with E-state index in [1.54, 1.807) is 24.3 Å². The van der Waals surface area contributed by atoms with Gasteiger partial charge < -0.3 is 56.2 Å². The zero-order valence-electron chi connectivity index (χ0n) is 42.0. The van der Waals surface area contributed by atoms with Crippen LogP contribution in [0.15, 0.2) is 49.6 Å². The molecule has 12 atom stereocenters. The van der Waals surface area contributed by atoms with Crippen LogP contribution in [0.5, 0.6) is 0 Å². The number of ketones is 1. The van der Waals surface area contributed by atoms with Gasteiger partial charge in [0.15, 0.2) is 59.0 Å². The minimum atomic E-state index is -4.54. The summed E-state index contributed by atoms with van der Waals surface area (Å²) in [4.78, 5) is 98.2. The number of hydrogen-bond donors (Lipinski definition) is 8. The van der Waals surface area contributed by atoms with Gasteiger partial charge in [0.1, 0.15) is 49.2 Å². The monoisotopic (exact) mass is 1180 g/mol. The molecular weight excluding hydrogens is 1130 g/mol. The number of imidazole rings is 2. The number of anilines is 3. The molecule has 4 aromatic heterocycles. The number of nitrogens with one attached hydrogen (secondary N) is 3. The second-order valence-corrected chi connectivity index (χ2v) is 24.3. The molecule has 7 heterocycles. The van der Waals surface area contributed by atoms with Crippen molar-refractivity contribution < 1.29 is 79.3 Å². The van der Waals surface area contributed by atoms with Gasteiger partial charge in [-0.15, -0.1) is 0 Å². The van der Waals surface area contributed by atoms with Crippen LogP contribution < -0.4 is 33.2 Å². The number of carbonyl (C=O) groups excluding carboxylic acids is 5. The summed E-state index contributed by atoms with van der Waals surface area (Å²) in [7, 11) is 0. The Balaban J connectivity index is 0.808. The van der Waals surface area contributed by atoms with Crippen LogP contribution in [0.1, 0.15) is 64.0 Å². The van der Waals surface area contributed by atoms with Gasteiger partial charge in [0.25, 0.3) is 0 Å². The summed E-state index contributed by atoms with van der Waals surface area (Å²) in [5, 5.41) is 7.69. The molecule has 3 saturated heterocycles. The third-order valence-electron chi connectivity index (χ3n) is 12.7. The molecule has 10 N–H and O–H groups in total. The molecule has 0 aliphatic carbocycles. The Morgan fingerprint density at radius 2 is 1.49 bits per heavy atom. The van der Waals surface area contributed by atoms with Crippen LogP contribution >= 0.6 is 25.8 Å². The van der Waals surface area contributed by atoms with Crippen molar-refractivity contribution in [2.45, 2.75) is 108 Å². The average Bonchev–Trinajstić information content (AvgIpc) is 4.27. The van der Waals surface area contributed by atoms with E-state index in [1.807, 2.05) is 13.8 Å². The number of esters is 1. The van der Waals surface area contributed by atoms with Crippen LogP contribution in [0, 0.1) is 11.8 Å². The Labute approximate surface area is 458 Å². The van der Waals surface area contributed by atoms with Gasteiger partial charge in [-0.1, -0.05) is 38.2 Å². The highest BCUT2D eigenvalue weighted by atomic mass is 32.7. The fourth-order valence-corrected chi connectivity index (χ4v) is 11.5. The Hall–Kier alpha value is -5.96. The number of alkyl halides is 2. The van der Waals surface area contributed by atoms with Crippen molar-refractivity contribution in [3.63, 3.8) is 0 Å². The van der Waals surface area contributed by atoms with E-state index < -0.39 is 112 Å². The summed E-state index contributed by atoms with van der Waals surface area (Å²) in [6.07, 6.45) is -9.64. The number of benzene rings is 1. The van der Waals surface area contributed by atoms with Gasteiger partial charge in [-0.2, -0.15) is 0 Å². The van der Waals surface area contributed by atoms with Gasteiger partial charge in [-0.05, 0) is 54.7 Å². The summed E-state index contributed by atoms with van der Waals surface area (Å²) >= 11 is 9.28. The van der Waals surface area contributed by atoms with Crippen molar-refractivity contribution in [2.75, 3.05) is 42.7 Å². The lowest BCUT2D eigenvalue weighted by Crippen LogP contribution is -2.38. The summed E-state index contributed by atoms with van der Waals surface area (Å²) in [5.41, 5.74) is 18.2. The Morgan fingerprint density at radius 1 is 0.873 bits per heavy atom. The third-order valence-corrected chi connectivity index (χ3v) is 15.9. The summed E-state index contributed by atoms with van der Waals surface area (Å²) in [6.45, 7) is -6.85. The zero-order chi connectivity index (χ0) is 56.8. The number of carbonyl (C=O) groups is 5. The molecule has 3 fully saturated rings. The second-order valence-electron chi connectivity index (χ2n) is 18.6. The van der Waals surface area contributed by atoms with E-state index in [0.717, 1.165) is 23.5 Å². The smallest absolute Gasteiger partial charge is 0.412 e. The molecule has 3 aliphatic rings. The first-order valence-electron chi connectivity index (χ1n) is 24.4. The van der Waals surface area contributed by atoms with Gasteiger partial charge in [-0.3, -0.25) is 42.4 Å². The highest BCUT2D eigenvalue weighted by Crippen LogP contribution is 2.59. The number of Topliss-reactive ketones (excluding diaryl/α,β-unsaturated/α-hetero) is 1. The first-order chi connectivity index (χ1) is 37.6. The van der Waals surface area contributed by atoms with Crippen molar-refractivity contribution in [3.05, 3.63) is 55.1 Å². The molecule has 2 unspecified atom stereocenters. The quantitative estimate of drug-likeness (QED) is 0.0252. The van der Waals surface area contributed by atoms with E-state index in [-0.39, 0.29) is 84.7 Å². The highest BCUT2D eigenvalue weighted by molar-refractivity contribution is 8.44. The maximum atomic E-state index is 16.6. The molecule has 8 rings (SSSR count). The lowest BCUT2D eigenvalue weighted by atomic mass is 9.90. The van der Waals surface area contributed by atoms with E-state index in [1.165, 1.54) is 10.9 Å².